The van der Waals surface area contributed by atoms with Crippen LogP contribution in [0.1, 0.15) is 40.7 Å². The second kappa shape index (κ2) is 6.72. The van der Waals surface area contributed by atoms with Gasteiger partial charge in [0.05, 0.1) is 5.56 Å². The third kappa shape index (κ3) is 4.04. The van der Waals surface area contributed by atoms with E-state index in [-0.39, 0.29) is 11.5 Å². The number of carbonyl (C=O) groups is 2. The van der Waals surface area contributed by atoms with E-state index in [0.717, 1.165) is 31.6 Å². The minimum absolute atomic E-state index is 0.0785. The first-order valence-electron chi connectivity index (χ1n) is 7.19. The number of amides is 1. The van der Waals surface area contributed by atoms with E-state index in [1.165, 1.54) is 6.07 Å². The van der Waals surface area contributed by atoms with E-state index in [4.69, 9.17) is 9.84 Å². The van der Waals surface area contributed by atoms with Crippen molar-refractivity contribution in [2.45, 2.75) is 33.1 Å². The van der Waals surface area contributed by atoms with E-state index in [0.29, 0.717) is 23.6 Å². The number of carboxylic acids is 1. The zero-order valence-electron chi connectivity index (χ0n) is 12.4. The fourth-order valence-electron chi connectivity index (χ4n) is 2.58. The monoisotopic (exact) mass is 291 g/mol. The van der Waals surface area contributed by atoms with E-state index in [2.05, 4.69) is 5.32 Å². The molecule has 114 valence electrons. The maximum atomic E-state index is 12.0. The maximum Gasteiger partial charge on any atom is 0.336 e. The molecule has 0 bridgehead atoms. The van der Waals surface area contributed by atoms with E-state index in [1.807, 2.05) is 6.92 Å². The zero-order chi connectivity index (χ0) is 15.4. The van der Waals surface area contributed by atoms with Gasteiger partial charge in [0.15, 0.2) is 0 Å². The number of aryl methyl sites for hydroxylation is 2. The van der Waals surface area contributed by atoms with Gasteiger partial charge in [-0.2, -0.15) is 0 Å². The van der Waals surface area contributed by atoms with Crippen molar-refractivity contribution in [1.82, 2.24) is 0 Å². The molecule has 0 saturated carbocycles. The number of nitrogens with one attached hydrogen (secondary N) is 1. The maximum absolute atomic E-state index is 12.0. The Balaban J connectivity index is 1.99. The molecule has 21 heavy (non-hydrogen) atoms. The Hall–Kier alpha value is -1.88. The number of carboxylic acid groups (broad SMARTS) is 1. The highest BCUT2D eigenvalue weighted by Crippen LogP contribution is 2.22. The van der Waals surface area contributed by atoms with Crippen molar-refractivity contribution in [1.29, 1.82) is 0 Å². The lowest BCUT2D eigenvalue weighted by molar-refractivity contribution is -0.116. The number of carbonyl (C=O) groups excluding carboxylic acids is 1. The number of ether oxygens (including phenoxy) is 1. The van der Waals surface area contributed by atoms with Gasteiger partial charge < -0.3 is 15.2 Å². The van der Waals surface area contributed by atoms with Gasteiger partial charge in [-0.05, 0) is 49.8 Å². The van der Waals surface area contributed by atoms with Crippen molar-refractivity contribution in [3.05, 3.63) is 28.8 Å². The Morgan fingerprint density at radius 2 is 2.10 bits per heavy atom. The normalized spacial score (nSPS) is 17.7. The van der Waals surface area contributed by atoms with Gasteiger partial charge in [0, 0.05) is 25.3 Å². The third-order valence-electron chi connectivity index (χ3n) is 3.88. The average Bonchev–Trinajstić information content (AvgIpc) is 2.92. The summed E-state index contributed by atoms with van der Waals surface area (Å²) in [7, 11) is 0. The molecular formula is C16H21NO4. The van der Waals surface area contributed by atoms with Crippen LogP contribution in [-0.2, 0) is 9.53 Å². The first-order chi connectivity index (χ1) is 9.97. The molecule has 0 aromatic heterocycles. The van der Waals surface area contributed by atoms with Crippen LogP contribution < -0.4 is 5.32 Å². The van der Waals surface area contributed by atoms with Crippen molar-refractivity contribution in [3.8, 4) is 0 Å². The highest BCUT2D eigenvalue weighted by molar-refractivity contribution is 5.95. The van der Waals surface area contributed by atoms with Gasteiger partial charge in [-0.25, -0.2) is 4.79 Å². The number of rotatable bonds is 5. The Kier molecular flexibility index (Phi) is 4.96. The minimum atomic E-state index is -0.980. The largest absolute Gasteiger partial charge is 0.478 e. The molecule has 1 atom stereocenters. The van der Waals surface area contributed by atoms with Crippen molar-refractivity contribution in [2.75, 3.05) is 18.5 Å². The van der Waals surface area contributed by atoms with Gasteiger partial charge >= 0.3 is 5.97 Å². The molecule has 1 aromatic carbocycles. The van der Waals surface area contributed by atoms with Crippen LogP contribution in [0, 0.1) is 19.8 Å². The quantitative estimate of drug-likeness (QED) is 0.874. The Morgan fingerprint density at radius 1 is 1.33 bits per heavy atom. The van der Waals surface area contributed by atoms with Crippen molar-refractivity contribution < 1.29 is 19.4 Å². The first kappa shape index (κ1) is 15.5. The van der Waals surface area contributed by atoms with Crippen molar-refractivity contribution in [2.24, 2.45) is 5.92 Å². The van der Waals surface area contributed by atoms with Gasteiger partial charge in [0.25, 0.3) is 0 Å². The van der Waals surface area contributed by atoms with Crippen molar-refractivity contribution >= 4 is 17.6 Å². The van der Waals surface area contributed by atoms with Crippen LogP contribution in [0.2, 0.25) is 0 Å². The van der Waals surface area contributed by atoms with Gasteiger partial charge in [0.1, 0.15) is 0 Å². The highest BCUT2D eigenvalue weighted by atomic mass is 16.5. The average molecular weight is 291 g/mol. The number of hydrogen-bond acceptors (Lipinski definition) is 3. The molecule has 1 amide bonds. The number of benzene rings is 1. The SMILES string of the molecule is Cc1cc(C)c(C(=O)O)cc1NC(=O)CC[C@H]1CCOC1. The van der Waals surface area contributed by atoms with Crippen LogP contribution >= 0.6 is 0 Å². The lowest BCUT2D eigenvalue weighted by atomic mass is 10.0. The molecule has 2 N–H and O–H groups in total. The smallest absolute Gasteiger partial charge is 0.336 e. The second-order valence-electron chi connectivity index (χ2n) is 5.60. The minimum Gasteiger partial charge on any atom is -0.478 e. The molecule has 1 aliphatic rings. The Labute approximate surface area is 124 Å². The molecule has 0 aliphatic carbocycles. The molecular weight excluding hydrogens is 270 g/mol. The van der Waals surface area contributed by atoms with Gasteiger partial charge in [0.2, 0.25) is 5.91 Å². The predicted molar refractivity (Wildman–Crippen MR) is 79.7 cm³/mol. The summed E-state index contributed by atoms with van der Waals surface area (Å²) in [4.78, 5) is 23.1. The number of hydrogen-bond donors (Lipinski definition) is 2. The van der Waals surface area contributed by atoms with Crippen LogP contribution in [0.5, 0.6) is 0 Å². The van der Waals surface area contributed by atoms with Crippen LogP contribution in [0.15, 0.2) is 12.1 Å². The molecule has 1 aromatic rings. The fourth-order valence-corrected chi connectivity index (χ4v) is 2.58. The molecule has 1 fully saturated rings. The van der Waals surface area contributed by atoms with Crippen LogP contribution in [-0.4, -0.2) is 30.2 Å². The number of aromatic carboxylic acids is 1. The lowest BCUT2D eigenvalue weighted by Gasteiger charge is -2.12. The first-order valence-corrected chi connectivity index (χ1v) is 7.19. The lowest BCUT2D eigenvalue weighted by Crippen LogP contribution is -2.15. The van der Waals surface area contributed by atoms with Crippen LogP contribution in [0.4, 0.5) is 5.69 Å². The van der Waals surface area contributed by atoms with E-state index in [1.54, 1.807) is 13.0 Å². The molecule has 0 unspecified atom stereocenters. The summed E-state index contributed by atoms with van der Waals surface area (Å²) in [5.41, 5.74) is 2.36. The van der Waals surface area contributed by atoms with Crippen molar-refractivity contribution in [3.63, 3.8) is 0 Å². The predicted octanol–water partition coefficient (Wildman–Crippen LogP) is 2.76. The molecule has 0 spiro atoms. The molecule has 2 rings (SSSR count). The molecule has 5 heteroatoms. The molecule has 1 heterocycles. The summed E-state index contributed by atoms with van der Waals surface area (Å²) >= 11 is 0. The van der Waals surface area contributed by atoms with Gasteiger partial charge in [-0.15, -0.1) is 0 Å². The summed E-state index contributed by atoms with van der Waals surface area (Å²) in [5.74, 6) is -0.597. The summed E-state index contributed by atoms with van der Waals surface area (Å²) in [6.45, 7) is 5.13. The molecule has 0 radical (unpaired) electrons. The summed E-state index contributed by atoms with van der Waals surface area (Å²) in [6.07, 6.45) is 2.26. The topological polar surface area (TPSA) is 75.6 Å². The van der Waals surface area contributed by atoms with Crippen LogP contribution in [0.3, 0.4) is 0 Å². The van der Waals surface area contributed by atoms with Gasteiger partial charge in [-0.3, -0.25) is 4.79 Å². The van der Waals surface area contributed by atoms with E-state index >= 15 is 0 Å². The molecule has 1 saturated heterocycles. The standard InChI is InChI=1S/C16H21NO4/c1-10-7-11(2)14(8-13(10)16(19)20)17-15(18)4-3-12-5-6-21-9-12/h7-8,12H,3-6,9H2,1-2H3,(H,17,18)(H,19,20)/t12-/m0/s1. The molecule has 1 aliphatic heterocycles. The van der Waals surface area contributed by atoms with Crippen LogP contribution in [0.25, 0.3) is 0 Å². The zero-order valence-corrected chi connectivity index (χ0v) is 12.4. The third-order valence-corrected chi connectivity index (χ3v) is 3.88. The summed E-state index contributed by atoms with van der Waals surface area (Å²) in [5, 5.41) is 11.9. The second-order valence-corrected chi connectivity index (χ2v) is 5.60. The van der Waals surface area contributed by atoms with E-state index < -0.39 is 5.97 Å². The number of anilines is 1. The summed E-state index contributed by atoms with van der Waals surface area (Å²) in [6, 6.07) is 3.31. The Morgan fingerprint density at radius 3 is 2.71 bits per heavy atom. The molecule has 5 nitrogen and oxygen atoms in total. The summed E-state index contributed by atoms with van der Waals surface area (Å²) < 4.78 is 5.29. The highest BCUT2D eigenvalue weighted by Gasteiger charge is 2.17. The van der Waals surface area contributed by atoms with Gasteiger partial charge in [-0.1, -0.05) is 6.07 Å². The Bertz CT molecular complexity index is 547. The fraction of sp³-hybridized carbons (Fsp3) is 0.500. The van der Waals surface area contributed by atoms with E-state index in [9.17, 15) is 9.59 Å².